The topological polar surface area (TPSA) is 102 Å². The van der Waals surface area contributed by atoms with Gasteiger partial charge in [0.15, 0.2) is 0 Å². The van der Waals surface area contributed by atoms with Crippen LogP contribution >= 0.6 is 0 Å². The van der Waals surface area contributed by atoms with E-state index in [9.17, 15) is 10.1 Å². The molecule has 0 spiro atoms. The van der Waals surface area contributed by atoms with Crippen LogP contribution in [-0.4, -0.2) is 46.3 Å². The summed E-state index contributed by atoms with van der Waals surface area (Å²) >= 11 is 0. The quantitative estimate of drug-likeness (QED) is 0.587. The van der Waals surface area contributed by atoms with Gasteiger partial charge in [-0.15, -0.1) is 0 Å². The Kier molecular flexibility index (Phi) is 4.78. The Labute approximate surface area is 104 Å². The maximum Gasteiger partial charge on any atom is 0.372 e. The molecule has 1 N–H and O–H groups in total. The molecule has 0 saturated heterocycles. The van der Waals surface area contributed by atoms with Crippen molar-refractivity contribution in [2.24, 2.45) is 0 Å². The van der Waals surface area contributed by atoms with Crippen molar-refractivity contribution in [3.05, 3.63) is 16.4 Å². The molecule has 0 aromatic carbocycles. The number of anilines is 1. The Morgan fingerprint density at radius 1 is 1.56 bits per heavy atom. The van der Waals surface area contributed by atoms with E-state index in [0.29, 0.717) is 0 Å². The van der Waals surface area contributed by atoms with Crippen LogP contribution in [0.3, 0.4) is 0 Å². The predicted octanol–water partition coefficient (Wildman–Crippen LogP) is 0.601. The van der Waals surface area contributed by atoms with E-state index in [1.54, 1.807) is 4.90 Å². The summed E-state index contributed by atoms with van der Waals surface area (Å²) in [6, 6.07) is -0.0459. The third kappa shape index (κ3) is 2.83. The van der Waals surface area contributed by atoms with E-state index < -0.39 is 4.92 Å². The standard InChI is InChI=1S/C10H16N4O4/c1-7(2)13(4-5-15)9-8(14(16)17)10(18-3)12-6-11-9/h6-7,15H,4-5H2,1-3H3. The van der Waals surface area contributed by atoms with Crippen LogP contribution in [0.15, 0.2) is 6.33 Å². The van der Waals surface area contributed by atoms with E-state index >= 15 is 0 Å². The van der Waals surface area contributed by atoms with Gasteiger partial charge in [0.1, 0.15) is 6.33 Å². The number of ether oxygens (including phenoxy) is 1. The van der Waals surface area contributed by atoms with Gasteiger partial charge in [-0.2, -0.15) is 4.98 Å². The molecule has 8 nitrogen and oxygen atoms in total. The number of aromatic nitrogens is 2. The van der Waals surface area contributed by atoms with E-state index in [2.05, 4.69) is 9.97 Å². The van der Waals surface area contributed by atoms with Gasteiger partial charge in [-0.1, -0.05) is 0 Å². The lowest BCUT2D eigenvalue weighted by atomic mass is 10.3. The van der Waals surface area contributed by atoms with Gasteiger partial charge in [-0.3, -0.25) is 10.1 Å². The van der Waals surface area contributed by atoms with E-state index in [4.69, 9.17) is 9.84 Å². The molecule has 0 aliphatic carbocycles. The van der Waals surface area contributed by atoms with E-state index in [1.807, 2.05) is 13.8 Å². The summed E-state index contributed by atoms with van der Waals surface area (Å²) in [6.45, 7) is 3.84. The van der Waals surface area contributed by atoms with Gasteiger partial charge in [0.2, 0.25) is 5.82 Å². The van der Waals surface area contributed by atoms with Crippen LogP contribution in [0.4, 0.5) is 11.5 Å². The molecule has 100 valence electrons. The largest absolute Gasteiger partial charge is 0.476 e. The summed E-state index contributed by atoms with van der Waals surface area (Å²) in [4.78, 5) is 19.8. The lowest BCUT2D eigenvalue weighted by Crippen LogP contribution is -2.34. The van der Waals surface area contributed by atoms with Gasteiger partial charge >= 0.3 is 5.69 Å². The average Bonchev–Trinajstić information content (AvgIpc) is 2.34. The third-order valence-corrected chi connectivity index (χ3v) is 2.38. The second-order valence-electron chi connectivity index (χ2n) is 3.82. The van der Waals surface area contributed by atoms with Crippen molar-refractivity contribution < 1.29 is 14.8 Å². The van der Waals surface area contributed by atoms with Crippen LogP contribution < -0.4 is 9.64 Å². The number of hydrogen-bond acceptors (Lipinski definition) is 7. The van der Waals surface area contributed by atoms with Gasteiger partial charge in [0.05, 0.1) is 18.6 Å². The highest BCUT2D eigenvalue weighted by Crippen LogP contribution is 2.33. The summed E-state index contributed by atoms with van der Waals surface area (Å²) in [5.41, 5.74) is -0.290. The number of nitro groups is 1. The van der Waals surface area contributed by atoms with Gasteiger partial charge in [-0.25, -0.2) is 4.98 Å². The van der Waals surface area contributed by atoms with Crippen molar-refractivity contribution in [2.75, 3.05) is 25.2 Å². The van der Waals surface area contributed by atoms with Crippen LogP contribution in [-0.2, 0) is 0 Å². The smallest absolute Gasteiger partial charge is 0.372 e. The Morgan fingerprint density at radius 3 is 2.67 bits per heavy atom. The molecule has 0 unspecified atom stereocenters. The monoisotopic (exact) mass is 256 g/mol. The van der Waals surface area contributed by atoms with Crippen LogP contribution in [0.25, 0.3) is 0 Å². The molecule has 0 radical (unpaired) electrons. The molecule has 0 bridgehead atoms. The molecule has 0 saturated carbocycles. The Balaban J connectivity index is 3.32. The molecule has 8 heteroatoms. The molecule has 0 atom stereocenters. The number of methoxy groups -OCH3 is 1. The van der Waals surface area contributed by atoms with Crippen molar-refractivity contribution in [2.45, 2.75) is 19.9 Å². The summed E-state index contributed by atoms with van der Waals surface area (Å²) < 4.78 is 4.87. The van der Waals surface area contributed by atoms with Crippen LogP contribution in [0.2, 0.25) is 0 Å². The molecule has 1 heterocycles. The molecule has 18 heavy (non-hydrogen) atoms. The number of nitrogens with zero attached hydrogens (tertiary/aromatic N) is 4. The minimum Gasteiger partial charge on any atom is -0.476 e. The Bertz CT molecular complexity index is 424. The Morgan fingerprint density at radius 2 is 2.22 bits per heavy atom. The zero-order valence-corrected chi connectivity index (χ0v) is 10.5. The van der Waals surface area contributed by atoms with Gasteiger partial charge in [0.25, 0.3) is 5.88 Å². The SMILES string of the molecule is COc1ncnc(N(CCO)C(C)C)c1[N+](=O)[O-]. The second kappa shape index (κ2) is 6.10. The molecule has 0 amide bonds. The molecule has 1 rings (SSSR count). The number of hydrogen-bond donors (Lipinski definition) is 1. The summed E-state index contributed by atoms with van der Waals surface area (Å²) in [6.07, 6.45) is 1.20. The normalized spacial score (nSPS) is 10.5. The van der Waals surface area contributed by atoms with Crippen molar-refractivity contribution in [1.82, 2.24) is 9.97 Å². The van der Waals surface area contributed by atoms with Crippen LogP contribution in [0, 0.1) is 10.1 Å². The molecule has 1 aromatic heterocycles. The van der Waals surface area contributed by atoms with E-state index in [-0.39, 0.29) is 36.6 Å². The van der Waals surface area contributed by atoms with Crippen LogP contribution in [0.5, 0.6) is 5.88 Å². The minimum atomic E-state index is -0.582. The average molecular weight is 256 g/mol. The van der Waals surface area contributed by atoms with E-state index in [0.717, 1.165) is 0 Å². The molecule has 0 aliphatic heterocycles. The Hall–Kier alpha value is -1.96. The second-order valence-corrected chi connectivity index (χ2v) is 3.82. The van der Waals surface area contributed by atoms with Crippen molar-refractivity contribution >= 4 is 11.5 Å². The highest BCUT2D eigenvalue weighted by Gasteiger charge is 2.28. The predicted molar refractivity (Wildman–Crippen MR) is 64.8 cm³/mol. The van der Waals surface area contributed by atoms with Crippen molar-refractivity contribution in [3.63, 3.8) is 0 Å². The number of aliphatic hydroxyl groups excluding tert-OH is 1. The first kappa shape index (κ1) is 14.1. The van der Waals surface area contributed by atoms with Crippen molar-refractivity contribution in [1.29, 1.82) is 0 Å². The van der Waals surface area contributed by atoms with Gasteiger partial charge in [-0.05, 0) is 13.8 Å². The van der Waals surface area contributed by atoms with Crippen LogP contribution in [0.1, 0.15) is 13.8 Å². The fraction of sp³-hybridized carbons (Fsp3) is 0.600. The molecule has 1 aromatic rings. The van der Waals surface area contributed by atoms with Crippen molar-refractivity contribution in [3.8, 4) is 5.88 Å². The zero-order valence-electron chi connectivity index (χ0n) is 10.5. The zero-order chi connectivity index (χ0) is 13.7. The fourth-order valence-electron chi connectivity index (χ4n) is 1.59. The highest BCUT2D eigenvalue weighted by molar-refractivity contribution is 5.63. The van der Waals surface area contributed by atoms with Gasteiger partial charge < -0.3 is 14.7 Å². The third-order valence-electron chi connectivity index (χ3n) is 2.38. The summed E-state index contributed by atoms with van der Waals surface area (Å²) in [5, 5.41) is 20.1. The van der Waals surface area contributed by atoms with E-state index in [1.165, 1.54) is 13.4 Å². The minimum absolute atomic E-state index is 0.0459. The maximum atomic E-state index is 11.1. The fourth-order valence-corrected chi connectivity index (χ4v) is 1.59. The molecular weight excluding hydrogens is 240 g/mol. The van der Waals surface area contributed by atoms with Gasteiger partial charge in [0, 0.05) is 12.6 Å². The first-order valence-corrected chi connectivity index (χ1v) is 5.43. The molecular formula is C10H16N4O4. The lowest BCUT2D eigenvalue weighted by molar-refractivity contribution is -0.385. The highest BCUT2D eigenvalue weighted by atomic mass is 16.6. The molecule has 0 fully saturated rings. The summed E-state index contributed by atoms with van der Waals surface area (Å²) in [7, 11) is 1.31. The molecule has 0 aliphatic rings. The maximum absolute atomic E-state index is 11.1. The first-order chi connectivity index (χ1) is 8.52. The lowest BCUT2D eigenvalue weighted by Gasteiger charge is -2.26. The number of aliphatic hydroxyl groups is 1. The summed E-state index contributed by atoms with van der Waals surface area (Å²) in [5.74, 6) is 0.0597. The first-order valence-electron chi connectivity index (χ1n) is 5.43. The number of rotatable bonds is 6.